The van der Waals surface area contributed by atoms with E-state index in [1.165, 1.54) is 0 Å². The van der Waals surface area contributed by atoms with Gasteiger partial charge in [-0.05, 0) is 12.5 Å². The van der Waals surface area contributed by atoms with Crippen LogP contribution in [0.2, 0.25) is 0 Å². The van der Waals surface area contributed by atoms with Crippen LogP contribution in [0.3, 0.4) is 0 Å². The van der Waals surface area contributed by atoms with E-state index < -0.39 is 0 Å². The number of hydrogen-bond donors (Lipinski definition) is 2. The molecule has 0 aliphatic rings. The molecule has 2 aromatic rings. The van der Waals surface area contributed by atoms with Gasteiger partial charge in [-0.3, -0.25) is 0 Å². The maximum Gasteiger partial charge on any atom is 0.127 e. The molecule has 15 heavy (non-hydrogen) atoms. The average Bonchev–Trinajstić information content (AvgIpc) is 2.26. The van der Waals surface area contributed by atoms with Crippen molar-refractivity contribution in [3.05, 3.63) is 48.6 Å². The van der Waals surface area contributed by atoms with Crippen LogP contribution in [0.25, 0.3) is 10.8 Å². The van der Waals surface area contributed by atoms with Crippen molar-refractivity contribution in [2.45, 2.75) is 6.42 Å². The third kappa shape index (κ3) is 1.54. The van der Waals surface area contributed by atoms with Crippen molar-refractivity contribution in [3.8, 4) is 11.5 Å². The highest BCUT2D eigenvalue weighted by atomic mass is 16.3. The van der Waals surface area contributed by atoms with Crippen LogP contribution in [0.5, 0.6) is 11.5 Å². The van der Waals surface area contributed by atoms with Gasteiger partial charge < -0.3 is 10.2 Å². The van der Waals surface area contributed by atoms with Crippen molar-refractivity contribution in [1.82, 2.24) is 0 Å². The van der Waals surface area contributed by atoms with Crippen molar-refractivity contribution in [2.24, 2.45) is 0 Å². The summed E-state index contributed by atoms with van der Waals surface area (Å²) in [7, 11) is 0. The molecule has 0 radical (unpaired) electrons. The van der Waals surface area contributed by atoms with Crippen LogP contribution >= 0.6 is 0 Å². The van der Waals surface area contributed by atoms with E-state index in [0.717, 1.165) is 0 Å². The molecule has 0 amide bonds. The van der Waals surface area contributed by atoms with Crippen molar-refractivity contribution in [2.75, 3.05) is 0 Å². The monoisotopic (exact) mass is 200 g/mol. The summed E-state index contributed by atoms with van der Waals surface area (Å²) in [6, 6.07) is 8.81. The summed E-state index contributed by atoms with van der Waals surface area (Å²) >= 11 is 0. The smallest absolute Gasteiger partial charge is 0.127 e. The second-order valence-electron chi connectivity index (χ2n) is 3.44. The molecule has 0 heterocycles. The van der Waals surface area contributed by atoms with Crippen molar-refractivity contribution < 1.29 is 10.2 Å². The van der Waals surface area contributed by atoms with Crippen molar-refractivity contribution in [1.29, 1.82) is 0 Å². The molecular weight excluding hydrogens is 188 g/mol. The summed E-state index contributed by atoms with van der Waals surface area (Å²) in [6.45, 7) is 3.61. The fourth-order valence-electron chi connectivity index (χ4n) is 1.71. The Hall–Kier alpha value is -1.96. The van der Waals surface area contributed by atoms with Crippen molar-refractivity contribution in [3.63, 3.8) is 0 Å². The molecule has 0 aromatic heterocycles. The van der Waals surface area contributed by atoms with Crippen LogP contribution < -0.4 is 0 Å². The molecule has 0 fully saturated rings. The summed E-state index contributed by atoms with van der Waals surface area (Å²) in [5.41, 5.74) is 0.696. The Labute approximate surface area is 88.1 Å². The Morgan fingerprint density at radius 1 is 1.13 bits per heavy atom. The van der Waals surface area contributed by atoms with E-state index in [1.807, 2.05) is 12.1 Å². The Balaban J connectivity index is 2.78. The molecule has 2 N–H and O–H groups in total. The SMILES string of the molecule is C=CCc1cc(O)c2ccccc2c1O. The van der Waals surface area contributed by atoms with Crippen LogP contribution in [0.1, 0.15) is 5.56 Å². The third-order valence-corrected chi connectivity index (χ3v) is 2.44. The first-order valence-corrected chi connectivity index (χ1v) is 4.77. The van der Waals surface area contributed by atoms with Gasteiger partial charge in [0.05, 0.1) is 0 Å². The number of fused-ring (bicyclic) bond motifs is 1. The minimum absolute atomic E-state index is 0.195. The lowest BCUT2D eigenvalue weighted by molar-refractivity contribution is 0.465. The van der Waals surface area contributed by atoms with Gasteiger partial charge in [-0.1, -0.05) is 30.3 Å². The predicted molar refractivity (Wildman–Crippen MR) is 61.2 cm³/mol. The lowest BCUT2D eigenvalue weighted by atomic mass is 10.0. The van der Waals surface area contributed by atoms with Gasteiger partial charge in [0, 0.05) is 16.3 Å². The van der Waals surface area contributed by atoms with E-state index in [2.05, 4.69) is 6.58 Å². The lowest BCUT2D eigenvalue weighted by Gasteiger charge is -2.08. The Morgan fingerprint density at radius 3 is 2.47 bits per heavy atom. The largest absolute Gasteiger partial charge is 0.507 e. The molecule has 0 spiro atoms. The summed E-state index contributed by atoms with van der Waals surface area (Å²) in [4.78, 5) is 0. The number of allylic oxidation sites excluding steroid dienone is 1. The van der Waals surface area contributed by atoms with Crippen molar-refractivity contribution >= 4 is 10.8 Å². The lowest BCUT2D eigenvalue weighted by Crippen LogP contribution is -1.85. The normalized spacial score (nSPS) is 10.4. The van der Waals surface area contributed by atoms with Crippen LogP contribution in [0.15, 0.2) is 43.0 Å². The van der Waals surface area contributed by atoms with Gasteiger partial charge in [0.1, 0.15) is 11.5 Å². The summed E-state index contributed by atoms with van der Waals surface area (Å²) in [6.07, 6.45) is 2.24. The molecule has 2 rings (SSSR count). The molecule has 0 unspecified atom stereocenters. The number of benzene rings is 2. The predicted octanol–water partition coefficient (Wildman–Crippen LogP) is 2.98. The average molecular weight is 200 g/mol. The highest BCUT2D eigenvalue weighted by molar-refractivity contribution is 5.94. The highest BCUT2D eigenvalue weighted by Crippen LogP contribution is 2.35. The maximum absolute atomic E-state index is 9.95. The molecule has 2 nitrogen and oxygen atoms in total. The van der Waals surface area contributed by atoms with Crippen LogP contribution in [0, 0.1) is 0 Å². The topological polar surface area (TPSA) is 40.5 Å². The molecule has 0 aliphatic heterocycles. The number of phenols is 2. The number of aromatic hydroxyl groups is 2. The molecule has 0 atom stereocenters. The summed E-state index contributed by atoms with van der Waals surface area (Å²) < 4.78 is 0. The molecule has 2 heteroatoms. The maximum atomic E-state index is 9.95. The zero-order valence-electron chi connectivity index (χ0n) is 8.27. The first-order valence-electron chi connectivity index (χ1n) is 4.77. The van der Waals surface area contributed by atoms with Gasteiger partial charge >= 0.3 is 0 Å². The fraction of sp³-hybridized carbons (Fsp3) is 0.0769. The van der Waals surface area contributed by atoms with E-state index >= 15 is 0 Å². The quantitative estimate of drug-likeness (QED) is 0.578. The third-order valence-electron chi connectivity index (χ3n) is 2.44. The molecule has 0 saturated carbocycles. The van der Waals surface area contributed by atoms with Crippen LogP contribution in [-0.4, -0.2) is 10.2 Å². The fourth-order valence-corrected chi connectivity index (χ4v) is 1.71. The number of phenolic OH excluding ortho intramolecular Hbond substituents is 2. The standard InChI is InChI=1S/C13H12O2/c1-2-5-9-8-12(14)10-6-3-4-7-11(10)13(9)15/h2-4,6-8,14-15H,1,5H2. The Morgan fingerprint density at radius 2 is 1.80 bits per heavy atom. The molecule has 0 aliphatic carbocycles. The number of hydrogen-bond acceptors (Lipinski definition) is 2. The van der Waals surface area contributed by atoms with Gasteiger partial charge in [0.15, 0.2) is 0 Å². The number of rotatable bonds is 2. The highest BCUT2D eigenvalue weighted by Gasteiger charge is 2.08. The molecule has 76 valence electrons. The molecule has 0 saturated heterocycles. The van der Waals surface area contributed by atoms with Gasteiger partial charge in [-0.15, -0.1) is 6.58 Å². The van der Waals surface area contributed by atoms with Crippen LogP contribution in [0.4, 0.5) is 0 Å². The van der Waals surface area contributed by atoms with Gasteiger partial charge in [0.2, 0.25) is 0 Å². The van der Waals surface area contributed by atoms with Gasteiger partial charge in [-0.2, -0.15) is 0 Å². The zero-order valence-corrected chi connectivity index (χ0v) is 8.27. The Kier molecular flexibility index (Phi) is 2.34. The van der Waals surface area contributed by atoms with E-state index in [1.54, 1.807) is 24.3 Å². The Bertz CT molecular complexity index is 515. The molecule has 0 bridgehead atoms. The molecular formula is C13H12O2. The van der Waals surface area contributed by atoms with E-state index in [-0.39, 0.29) is 11.5 Å². The van der Waals surface area contributed by atoms with Gasteiger partial charge in [0.25, 0.3) is 0 Å². The van der Waals surface area contributed by atoms with E-state index in [4.69, 9.17) is 0 Å². The first kappa shape index (κ1) is 9.59. The zero-order chi connectivity index (χ0) is 10.8. The minimum Gasteiger partial charge on any atom is -0.507 e. The van der Waals surface area contributed by atoms with Crippen LogP contribution in [-0.2, 0) is 6.42 Å². The second-order valence-corrected chi connectivity index (χ2v) is 3.44. The van der Waals surface area contributed by atoms with E-state index in [0.29, 0.717) is 22.8 Å². The first-order chi connectivity index (χ1) is 7.24. The van der Waals surface area contributed by atoms with E-state index in [9.17, 15) is 10.2 Å². The summed E-state index contributed by atoms with van der Waals surface area (Å²) in [5.74, 6) is 0.420. The second kappa shape index (κ2) is 3.65. The summed E-state index contributed by atoms with van der Waals surface area (Å²) in [5, 5.41) is 21.0. The van der Waals surface area contributed by atoms with Gasteiger partial charge in [-0.25, -0.2) is 0 Å². The minimum atomic E-state index is 0.195. The molecule has 2 aromatic carbocycles.